The molecule has 0 radical (unpaired) electrons. The van der Waals surface area contributed by atoms with Crippen LogP contribution in [0.25, 0.3) is 0 Å². The third-order valence-corrected chi connectivity index (χ3v) is 2.72. The van der Waals surface area contributed by atoms with Crippen LogP contribution in [0, 0.1) is 6.92 Å². The number of rotatable bonds is 6. The lowest BCUT2D eigenvalue weighted by molar-refractivity contribution is 0.727. The average molecular weight is 271 g/mol. The molecule has 0 saturated carbocycles. The molecule has 0 unspecified atom stereocenters. The van der Waals surface area contributed by atoms with Gasteiger partial charge < -0.3 is 4.90 Å². The van der Waals surface area contributed by atoms with Crippen LogP contribution in [0.5, 0.6) is 0 Å². The van der Waals surface area contributed by atoms with E-state index in [2.05, 4.69) is 45.7 Å². The number of hydrogen-bond acceptors (Lipinski definition) is 2. The molecule has 15 heavy (non-hydrogen) atoms. The predicted molar refractivity (Wildman–Crippen MR) is 69.9 cm³/mol. The molecule has 0 aliphatic carbocycles. The van der Waals surface area contributed by atoms with Crippen LogP contribution in [-0.4, -0.2) is 23.4 Å². The lowest BCUT2D eigenvalue weighted by Gasteiger charge is -2.22. The average Bonchev–Trinajstić information content (AvgIpc) is 2.24. The summed E-state index contributed by atoms with van der Waals surface area (Å²) in [6, 6.07) is 4.19. The molecular formula is C12H19BrN2. The van der Waals surface area contributed by atoms with E-state index in [-0.39, 0.29) is 0 Å². The summed E-state index contributed by atoms with van der Waals surface area (Å²) in [5.41, 5.74) is 1.27. The summed E-state index contributed by atoms with van der Waals surface area (Å²) in [6.45, 7) is 6.45. The van der Waals surface area contributed by atoms with E-state index < -0.39 is 0 Å². The molecule has 0 aliphatic rings. The Kier molecular flexibility index (Phi) is 5.69. The SMILES string of the molecule is CCCCN(CCBr)c1cc(C)ccn1. The molecule has 0 spiro atoms. The number of aromatic nitrogens is 1. The van der Waals surface area contributed by atoms with E-state index in [0.717, 1.165) is 24.2 Å². The molecule has 0 saturated heterocycles. The fourth-order valence-corrected chi connectivity index (χ4v) is 1.91. The zero-order valence-corrected chi connectivity index (χ0v) is 11.1. The minimum absolute atomic E-state index is 0.992. The van der Waals surface area contributed by atoms with Crippen molar-refractivity contribution in [2.45, 2.75) is 26.7 Å². The molecule has 0 bridgehead atoms. The molecule has 0 amide bonds. The quantitative estimate of drug-likeness (QED) is 0.737. The number of anilines is 1. The minimum Gasteiger partial charge on any atom is -0.356 e. The molecule has 84 valence electrons. The molecule has 2 nitrogen and oxygen atoms in total. The number of halogens is 1. The first-order valence-electron chi connectivity index (χ1n) is 5.51. The summed E-state index contributed by atoms with van der Waals surface area (Å²) in [6.07, 6.45) is 4.34. The number of pyridine rings is 1. The fourth-order valence-electron chi connectivity index (χ4n) is 1.49. The van der Waals surface area contributed by atoms with Gasteiger partial charge in [-0.25, -0.2) is 4.98 Å². The van der Waals surface area contributed by atoms with E-state index in [0.29, 0.717) is 0 Å². The Hall–Kier alpha value is -0.570. The number of unbranched alkanes of at least 4 members (excludes halogenated alkanes) is 1. The second-order valence-corrected chi connectivity index (χ2v) is 4.51. The molecule has 0 aromatic carbocycles. The van der Waals surface area contributed by atoms with Crippen LogP contribution in [0.4, 0.5) is 5.82 Å². The maximum Gasteiger partial charge on any atom is 0.128 e. The van der Waals surface area contributed by atoms with Gasteiger partial charge in [-0.3, -0.25) is 0 Å². The van der Waals surface area contributed by atoms with Gasteiger partial charge in [0.05, 0.1) is 0 Å². The molecule has 0 atom stereocenters. The largest absolute Gasteiger partial charge is 0.356 e. The smallest absolute Gasteiger partial charge is 0.128 e. The van der Waals surface area contributed by atoms with E-state index in [4.69, 9.17) is 0 Å². The third kappa shape index (κ3) is 4.20. The zero-order valence-electron chi connectivity index (χ0n) is 9.54. The van der Waals surface area contributed by atoms with Crippen molar-refractivity contribution in [2.24, 2.45) is 0 Å². The number of alkyl halides is 1. The van der Waals surface area contributed by atoms with Crippen molar-refractivity contribution in [3.63, 3.8) is 0 Å². The van der Waals surface area contributed by atoms with Crippen LogP contribution in [0.15, 0.2) is 18.3 Å². The van der Waals surface area contributed by atoms with E-state index in [1.807, 2.05) is 12.3 Å². The molecule has 3 heteroatoms. The highest BCUT2D eigenvalue weighted by molar-refractivity contribution is 9.09. The van der Waals surface area contributed by atoms with E-state index in [9.17, 15) is 0 Å². The summed E-state index contributed by atoms with van der Waals surface area (Å²) in [7, 11) is 0. The van der Waals surface area contributed by atoms with E-state index >= 15 is 0 Å². The standard InChI is InChI=1S/C12H19BrN2/c1-3-4-8-15(9-6-13)12-10-11(2)5-7-14-12/h5,7,10H,3-4,6,8-9H2,1-2H3. The van der Waals surface area contributed by atoms with Gasteiger partial charge in [0.15, 0.2) is 0 Å². The Labute approximate surface area is 101 Å². The highest BCUT2D eigenvalue weighted by atomic mass is 79.9. The minimum atomic E-state index is 0.992. The topological polar surface area (TPSA) is 16.1 Å². The Balaban J connectivity index is 2.69. The molecule has 1 aromatic heterocycles. The highest BCUT2D eigenvalue weighted by Crippen LogP contribution is 2.13. The second kappa shape index (κ2) is 6.83. The lowest BCUT2D eigenvalue weighted by Crippen LogP contribution is -2.27. The summed E-state index contributed by atoms with van der Waals surface area (Å²) in [5, 5.41) is 0.992. The van der Waals surface area contributed by atoms with Crippen LogP contribution < -0.4 is 4.90 Å². The molecule has 1 rings (SSSR count). The first-order chi connectivity index (χ1) is 7.27. The summed E-state index contributed by atoms with van der Waals surface area (Å²) in [4.78, 5) is 6.76. The molecule has 1 heterocycles. The number of aryl methyl sites for hydroxylation is 1. The lowest BCUT2D eigenvalue weighted by atomic mass is 10.2. The van der Waals surface area contributed by atoms with Gasteiger partial charge in [-0.1, -0.05) is 29.3 Å². The number of hydrogen-bond donors (Lipinski definition) is 0. The van der Waals surface area contributed by atoms with Gasteiger partial charge in [0, 0.05) is 24.6 Å². The first kappa shape index (κ1) is 12.5. The van der Waals surface area contributed by atoms with Crippen molar-refractivity contribution < 1.29 is 0 Å². The maximum absolute atomic E-state index is 4.42. The first-order valence-corrected chi connectivity index (χ1v) is 6.63. The normalized spacial score (nSPS) is 10.3. The van der Waals surface area contributed by atoms with Gasteiger partial charge in [0.2, 0.25) is 0 Å². The van der Waals surface area contributed by atoms with Crippen molar-refractivity contribution in [1.29, 1.82) is 0 Å². The van der Waals surface area contributed by atoms with Crippen LogP contribution >= 0.6 is 15.9 Å². The molecule has 0 fully saturated rings. The second-order valence-electron chi connectivity index (χ2n) is 3.72. The van der Waals surface area contributed by atoms with Gasteiger partial charge in [-0.05, 0) is 31.0 Å². The number of nitrogens with zero attached hydrogens (tertiary/aromatic N) is 2. The van der Waals surface area contributed by atoms with Gasteiger partial charge in [-0.2, -0.15) is 0 Å². The van der Waals surface area contributed by atoms with E-state index in [1.54, 1.807) is 0 Å². The van der Waals surface area contributed by atoms with Crippen LogP contribution in [0.1, 0.15) is 25.3 Å². The van der Waals surface area contributed by atoms with Gasteiger partial charge in [-0.15, -0.1) is 0 Å². The van der Waals surface area contributed by atoms with Crippen LogP contribution in [-0.2, 0) is 0 Å². The van der Waals surface area contributed by atoms with Crippen LogP contribution in [0.2, 0.25) is 0 Å². The van der Waals surface area contributed by atoms with Crippen molar-refractivity contribution in [2.75, 3.05) is 23.3 Å². The maximum atomic E-state index is 4.42. The monoisotopic (exact) mass is 270 g/mol. The van der Waals surface area contributed by atoms with Gasteiger partial charge >= 0.3 is 0 Å². The summed E-state index contributed by atoms with van der Waals surface area (Å²) >= 11 is 3.49. The van der Waals surface area contributed by atoms with E-state index in [1.165, 1.54) is 18.4 Å². The third-order valence-electron chi connectivity index (χ3n) is 2.36. The fraction of sp³-hybridized carbons (Fsp3) is 0.583. The van der Waals surface area contributed by atoms with Crippen molar-refractivity contribution in [3.8, 4) is 0 Å². The molecule has 0 N–H and O–H groups in total. The van der Waals surface area contributed by atoms with Crippen molar-refractivity contribution in [3.05, 3.63) is 23.9 Å². The Morgan fingerprint density at radius 3 is 2.80 bits per heavy atom. The van der Waals surface area contributed by atoms with Crippen LogP contribution in [0.3, 0.4) is 0 Å². The predicted octanol–water partition coefficient (Wildman–Crippen LogP) is 3.39. The Bertz CT molecular complexity index is 289. The Morgan fingerprint density at radius 1 is 1.40 bits per heavy atom. The summed E-state index contributed by atoms with van der Waals surface area (Å²) < 4.78 is 0. The highest BCUT2D eigenvalue weighted by Gasteiger charge is 2.05. The molecule has 0 aliphatic heterocycles. The summed E-state index contributed by atoms with van der Waals surface area (Å²) in [5.74, 6) is 1.10. The molecule has 1 aromatic rings. The van der Waals surface area contributed by atoms with Gasteiger partial charge in [0.1, 0.15) is 5.82 Å². The van der Waals surface area contributed by atoms with Crippen molar-refractivity contribution >= 4 is 21.7 Å². The molecular weight excluding hydrogens is 252 g/mol. The van der Waals surface area contributed by atoms with Crippen molar-refractivity contribution in [1.82, 2.24) is 4.98 Å². The Morgan fingerprint density at radius 2 is 2.20 bits per heavy atom. The zero-order chi connectivity index (χ0) is 11.1. The van der Waals surface area contributed by atoms with Gasteiger partial charge in [0.25, 0.3) is 0 Å².